The van der Waals surface area contributed by atoms with Crippen molar-refractivity contribution >= 4 is 11.9 Å². The van der Waals surface area contributed by atoms with E-state index in [0.717, 1.165) is 0 Å². The van der Waals surface area contributed by atoms with E-state index in [1.807, 2.05) is 0 Å². The van der Waals surface area contributed by atoms with Gasteiger partial charge in [0.2, 0.25) is 5.91 Å². The number of carbonyl (C=O) groups excluding carboxylic acids is 2. The molecule has 3 N–H and O–H groups in total. The number of nitrogens with one attached hydrogen (secondary N) is 2. The Kier molecular flexibility index (Phi) is 4.40. The van der Waals surface area contributed by atoms with Crippen LogP contribution >= 0.6 is 0 Å². The first kappa shape index (κ1) is 12.1. The van der Waals surface area contributed by atoms with E-state index in [0.29, 0.717) is 12.2 Å². The van der Waals surface area contributed by atoms with E-state index >= 15 is 0 Å². The molecule has 0 atom stereocenters. The van der Waals surface area contributed by atoms with Crippen molar-refractivity contribution in [2.75, 3.05) is 7.05 Å². The predicted molar refractivity (Wildman–Crippen MR) is 53.2 cm³/mol. The number of rotatable bonds is 4. The number of aliphatic hydroxyl groups excluding tert-OH is 1. The molecular formula is C8H13N5O3. The van der Waals surface area contributed by atoms with Gasteiger partial charge in [-0.15, -0.1) is 5.10 Å². The summed E-state index contributed by atoms with van der Waals surface area (Å²) >= 11 is 0. The SMILES string of the molecule is CNC(=O)NC(=O)CCn1cc(CO)nn1. The van der Waals surface area contributed by atoms with Gasteiger partial charge in [-0.1, -0.05) is 5.21 Å². The number of amides is 3. The summed E-state index contributed by atoms with van der Waals surface area (Å²) in [6.07, 6.45) is 1.65. The molecule has 88 valence electrons. The summed E-state index contributed by atoms with van der Waals surface area (Å²) in [6.45, 7) is 0.111. The molecule has 0 fully saturated rings. The molecule has 0 unspecified atom stereocenters. The lowest BCUT2D eigenvalue weighted by Gasteiger charge is -2.02. The molecule has 16 heavy (non-hydrogen) atoms. The summed E-state index contributed by atoms with van der Waals surface area (Å²) in [7, 11) is 1.42. The molecule has 1 aromatic rings. The van der Waals surface area contributed by atoms with Gasteiger partial charge in [-0.2, -0.15) is 0 Å². The predicted octanol–water partition coefficient (Wildman–Crippen LogP) is -1.38. The molecule has 0 spiro atoms. The molecule has 8 nitrogen and oxygen atoms in total. The largest absolute Gasteiger partial charge is 0.390 e. The van der Waals surface area contributed by atoms with E-state index < -0.39 is 11.9 Å². The monoisotopic (exact) mass is 227 g/mol. The highest BCUT2D eigenvalue weighted by atomic mass is 16.3. The van der Waals surface area contributed by atoms with E-state index in [4.69, 9.17) is 5.11 Å². The third-order valence-corrected chi connectivity index (χ3v) is 1.80. The minimum Gasteiger partial charge on any atom is -0.390 e. The quantitative estimate of drug-likeness (QED) is 0.587. The molecule has 0 aliphatic rings. The van der Waals surface area contributed by atoms with Crippen LogP contribution in [0.15, 0.2) is 6.20 Å². The van der Waals surface area contributed by atoms with Crippen molar-refractivity contribution in [2.45, 2.75) is 19.6 Å². The molecule has 0 aliphatic heterocycles. The normalized spacial score (nSPS) is 9.88. The van der Waals surface area contributed by atoms with Gasteiger partial charge in [-0.05, 0) is 0 Å². The Labute approximate surface area is 91.6 Å². The van der Waals surface area contributed by atoms with Gasteiger partial charge >= 0.3 is 6.03 Å². The van der Waals surface area contributed by atoms with Crippen molar-refractivity contribution in [2.24, 2.45) is 0 Å². The van der Waals surface area contributed by atoms with Crippen molar-refractivity contribution in [1.29, 1.82) is 0 Å². The second kappa shape index (κ2) is 5.81. The van der Waals surface area contributed by atoms with E-state index in [1.54, 1.807) is 0 Å². The van der Waals surface area contributed by atoms with Crippen molar-refractivity contribution in [3.05, 3.63) is 11.9 Å². The standard InChI is InChI=1S/C8H13N5O3/c1-9-8(16)10-7(15)2-3-13-4-6(5-14)11-12-13/h4,14H,2-3,5H2,1H3,(H2,9,10,15,16). The number of urea groups is 1. The maximum atomic E-state index is 11.2. The number of carbonyl (C=O) groups is 2. The molecule has 0 saturated carbocycles. The Morgan fingerprint density at radius 3 is 2.88 bits per heavy atom. The van der Waals surface area contributed by atoms with Gasteiger partial charge in [0, 0.05) is 13.5 Å². The molecule has 0 aromatic carbocycles. The van der Waals surface area contributed by atoms with Crippen LogP contribution in [0.1, 0.15) is 12.1 Å². The van der Waals surface area contributed by atoms with Crippen LogP contribution in [0.2, 0.25) is 0 Å². The Balaban J connectivity index is 2.34. The topological polar surface area (TPSA) is 109 Å². The average Bonchev–Trinajstić information content (AvgIpc) is 2.74. The summed E-state index contributed by atoms with van der Waals surface area (Å²) in [5.74, 6) is -0.402. The molecule has 1 aromatic heterocycles. The molecule has 0 aliphatic carbocycles. The summed E-state index contributed by atoms with van der Waals surface area (Å²) in [6, 6.07) is -0.542. The second-order valence-corrected chi connectivity index (χ2v) is 3.01. The smallest absolute Gasteiger partial charge is 0.321 e. The molecule has 1 heterocycles. The Hall–Kier alpha value is -1.96. The zero-order valence-corrected chi connectivity index (χ0v) is 8.80. The van der Waals surface area contributed by atoms with Crippen molar-refractivity contribution in [3.63, 3.8) is 0 Å². The second-order valence-electron chi connectivity index (χ2n) is 3.01. The van der Waals surface area contributed by atoms with Crippen molar-refractivity contribution in [3.8, 4) is 0 Å². The van der Waals surface area contributed by atoms with Crippen LogP contribution in [0.25, 0.3) is 0 Å². The van der Waals surface area contributed by atoms with Crippen molar-refractivity contribution < 1.29 is 14.7 Å². The lowest BCUT2D eigenvalue weighted by atomic mass is 10.4. The van der Waals surface area contributed by atoms with Crippen molar-refractivity contribution in [1.82, 2.24) is 25.6 Å². The molecular weight excluding hydrogens is 214 g/mol. The van der Waals surface area contributed by atoms with Crippen LogP contribution in [-0.2, 0) is 17.9 Å². The first-order chi connectivity index (χ1) is 7.65. The van der Waals surface area contributed by atoms with Crippen LogP contribution in [0.4, 0.5) is 4.79 Å². The van der Waals surface area contributed by atoms with Gasteiger partial charge in [-0.25, -0.2) is 4.79 Å². The van der Waals surface area contributed by atoms with Gasteiger partial charge in [0.1, 0.15) is 5.69 Å². The maximum Gasteiger partial charge on any atom is 0.321 e. The highest BCUT2D eigenvalue weighted by Crippen LogP contribution is 1.94. The first-order valence-electron chi connectivity index (χ1n) is 4.67. The third-order valence-electron chi connectivity index (χ3n) is 1.80. The first-order valence-corrected chi connectivity index (χ1v) is 4.67. The number of aryl methyl sites for hydroxylation is 1. The Bertz CT molecular complexity index is 376. The number of aliphatic hydroxyl groups is 1. The molecule has 0 saturated heterocycles. The Morgan fingerprint density at radius 2 is 2.31 bits per heavy atom. The van der Waals surface area contributed by atoms with Crippen LogP contribution < -0.4 is 10.6 Å². The average molecular weight is 227 g/mol. The third kappa shape index (κ3) is 3.65. The van der Waals surface area contributed by atoms with E-state index in [-0.39, 0.29) is 13.0 Å². The molecule has 8 heteroatoms. The lowest BCUT2D eigenvalue weighted by Crippen LogP contribution is -2.37. The molecule has 0 radical (unpaired) electrons. The van der Waals surface area contributed by atoms with Gasteiger partial charge in [0.05, 0.1) is 19.3 Å². The maximum absolute atomic E-state index is 11.2. The zero-order valence-electron chi connectivity index (χ0n) is 8.80. The minimum atomic E-state index is -0.542. The highest BCUT2D eigenvalue weighted by Gasteiger charge is 2.06. The number of imide groups is 1. The zero-order chi connectivity index (χ0) is 12.0. The van der Waals surface area contributed by atoms with Gasteiger partial charge < -0.3 is 10.4 Å². The minimum absolute atomic E-state index is 0.113. The summed E-state index contributed by atoms with van der Waals surface area (Å²) in [5, 5.41) is 20.4. The van der Waals surface area contributed by atoms with Gasteiger partial charge in [0.25, 0.3) is 0 Å². The molecule has 0 bridgehead atoms. The fraction of sp³-hybridized carbons (Fsp3) is 0.500. The van der Waals surface area contributed by atoms with Crippen LogP contribution in [-0.4, -0.2) is 39.1 Å². The van der Waals surface area contributed by atoms with Crippen LogP contribution in [0.3, 0.4) is 0 Å². The number of nitrogens with zero attached hydrogens (tertiary/aromatic N) is 3. The summed E-state index contributed by atoms with van der Waals surface area (Å²) in [4.78, 5) is 22.0. The number of aromatic nitrogens is 3. The summed E-state index contributed by atoms with van der Waals surface area (Å²) < 4.78 is 1.43. The van der Waals surface area contributed by atoms with E-state index in [1.165, 1.54) is 17.9 Å². The highest BCUT2D eigenvalue weighted by molar-refractivity contribution is 5.94. The fourth-order valence-corrected chi connectivity index (χ4v) is 0.988. The Morgan fingerprint density at radius 1 is 1.56 bits per heavy atom. The van der Waals surface area contributed by atoms with Gasteiger partial charge in [0.15, 0.2) is 0 Å². The van der Waals surface area contributed by atoms with E-state index in [9.17, 15) is 9.59 Å². The van der Waals surface area contributed by atoms with Gasteiger partial charge in [-0.3, -0.25) is 14.8 Å². The lowest BCUT2D eigenvalue weighted by molar-refractivity contribution is -0.120. The number of hydrogen-bond donors (Lipinski definition) is 3. The molecule has 3 amide bonds. The van der Waals surface area contributed by atoms with E-state index in [2.05, 4.69) is 20.9 Å². The van der Waals surface area contributed by atoms with Crippen LogP contribution in [0, 0.1) is 0 Å². The fourth-order valence-electron chi connectivity index (χ4n) is 0.988. The summed E-state index contributed by atoms with van der Waals surface area (Å²) in [5.41, 5.74) is 0.437. The molecule has 1 rings (SSSR count). The number of hydrogen-bond acceptors (Lipinski definition) is 5. The van der Waals surface area contributed by atoms with Crippen LogP contribution in [0.5, 0.6) is 0 Å².